The molecule has 180 valence electrons. The number of benzene rings is 2. The molecular formula is C25H21ClN2O6S. The van der Waals surface area contributed by atoms with Gasteiger partial charge in [-0.25, -0.2) is 9.79 Å². The highest BCUT2D eigenvalue weighted by molar-refractivity contribution is 8.18. The monoisotopic (exact) mass is 512 g/mol. The van der Waals surface area contributed by atoms with E-state index < -0.39 is 5.97 Å². The fourth-order valence-electron chi connectivity index (χ4n) is 3.15. The molecule has 0 saturated carbocycles. The van der Waals surface area contributed by atoms with Gasteiger partial charge in [0.05, 0.1) is 24.8 Å². The average molecular weight is 513 g/mol. The molecule has 1 aliphatic rings. The van der Waals surface area contributed by atoms with E-state index in [0.717, 1.165) is 11.1 Å². The molecule has 0 bridgehead atoms. The Morgan fingerprint density at radius 2 is 1.97 bits per heavy atom. The Kier molecular flexibility index (Phi) is 7.48. The lowest BCUT2D eigenvalue weighted by Crippen LogP contribution is -2.19. The fraction of sp³-hybridized carbons (Fsp3) is 0.160. The summed E-state index contributed by atoms with van der Waals surface area (Å²) in [6, 6.07) is 13.9. The molecule has 1 aliphatic heterocycles. The number of carbonyl (C=O) groups excluding carboxylic acids is 2. The second-order valence-corrected chi connectivity index (χ2v) is 8.84. The molecule has 0 radical (unpaired) electrons. The highest BCUT2D eigenvalue weighted by atomic mass is 35.5. The minimum absolute atomic E-state index is 0.0921. The molecule has 35 heavy (non-hydrogen) atoms. The van der Waals surface area contributed by atoms with E-state index in [-0.39, 0.29) is 18.3 Å². The van der Waals surface area contributed by atoms with E-state index in [1.165, 1.54) is 32.0 Å². The highest BCUT2D eigenvalue weighted by Gasteiger charge is 2.24. The number of amides is 1. The number of amidine groups is 1. The number of methoxy groups -OCH3 is 2. The fourth-order valence-corrected chi connectivity index (χ4v) is 4.15. The molecule has 2 aromatic carbocycles. The minimum atomic E-state index is -0.559. The molecule has 0 atom stereocenters. The standard InChI is InChI=1S/C25H21ClN2O6S/c1-14-4-6-16(26)12-18(14)27-25-28-23(29)22(35-25)11-15-5-8-19(21(10-15)31-2)33-13-17-7-9-20(34-17)24(30)32-3/h4-12H,13H2,1-3H3,(H,27,28,29). The van der Waals surface area contributed by atoms with E-state index in [4.69, 9.17) is 25.5 Å². The van der Waals surface area contributed by atoms with Gasteiger partial charge in [-0.1, -0.05) is 23.7 Å². The van der Waals surface area contributed by atoms with Crippen molar-refractivity contribution >= 4 is 52.2 Å². The van der Waals surface area contributed by atoms with E-state index in [1.54, 1.807) is 42.5 Å². The summed E-state index contributed by atoms with van der Waals surface area (Å²) in [7, 11) is 2.81. The molecule has 1 fully saturated rings. The first-order valence-corrected chi connectivity index (χ1v) is 11.6. The van der Waals surface area contributed by atoms with Gasteiger partial charge in [-0.15, -0.1) is 0 Å². The van der Waals surface area contributed by atoms with Crippen molar-refractivity contribution in [2.45, 2.75) is 13.5 Å². The van der Waals surface area contributed by atoms with Gasteiger partial charge >= 0.3 is 5.97 Å². The number of ether oxygens (including phenoxy) is 3. The Labute approximate surface area is 210 Å². The van der Waals surface area contributed by atoms with Crippen molar-refractivity contribution < 1.29 is 28.2 Å². The Morgan fingerprint density at radius 3 is 2.74 bits per heavy atom. The van der Waals surface area contributed by atoms with Crippen molar-refractivity contribution in [1.82, 2.24) is 5.32 Å². The molecule has 1 saturated heterocycles. The number of aryl methyl sites for hydroxylation is 1. The number of nitrogens with zero attached hydrogens (tertiary/aromatic N) is 1. The van der Waals surface area contributed by atoms with Gasteiger partial charge in [-0.05, 0) is 72.3 Å². The Balaban J connectivity index is 1.47. The molecule has 4 rings (SSSR count). The maximum atomic E-state index is 12.5. The summed E-state index contributed by atoms with van der Waals surface area (Å²) in [5.74, 6) is 0.710. The third-order valence-corrected chi connectivity index (χ3v) is 6.09. The number of halogens is 1. The summed E-state index contributed by atoms with van der Waals surface area (Å²) in [6.45, 7) is 2.02. The van der Waals surface area contributed by atoms with Crippen molar-refractivity contribution in [1.29, 1.82) is 0 Å². The summed E-state index contributed by atoms with van der Waals surface area (Å²) in [6.07, 6.45) is 1.74. The van der Waals surface area contributed by atoms with Gasteiger partial charge in [0.1, 0.15) is 12.4 Å². The summed E-state index contributed by atoms with van der Waals surface area (Å²) in [4.78, 5) is 29.0. The van der Waals surface area contributed by atoms with Gasteiger partial charge in [-0.3, -0.25) is 4.79 Å². The first-order chi connectivity index (χ1) is 16.9. The Morgan fingerprint density at radius 1 is 1.14 bits per heavy atom. The van der Waals surface area contributed by atoms with E-state index >= 15 is 0 Å². The number of rotatable bonds is 7. The largest absolute Gasteiger partial charge is 0.493 e. The Bertz CT molecular complexity index is 1350. The van der Waals surface area contributed by atoms with Crippen LogP contribution in [0.25, 0.3) is 6.08 Å². The number of nitrogens with one attached hydrogen (secondary N) is 1. The van der Waals surface area contributed by atoms with Gasteiger partial charge in [0.25, 0.3) is 5.91 Å². The van der Waals surface area contributed by atoms with Crippen LogP contribution in [0.4, 0.5) is 5.69 Å². The van der Waals surface area contributed by atoms with Crippen LogP contribution in [0.1, 0.15) is 27.4 Å². The van der Waals surface area contributed by atoms with Gasteiger partial charge in [-0.2, -0.15) is 0 Å². The van der Waals surface area contributed by atoms with Gasteiger partial charge in [0.15, 0.2) is 16.7 Å². The van der Waals surface area contributed by atoms with Crippen LogP contribution >= 0.6 is 23.4 Å². The minimum Gasteiger partial charge on any atom is -0.493 e. The normalized spacial score (nSPS) is 15.4. The molecule has 0 aliphatic carbocycles. The number of thioether (sulfide) groups is 1. The predicted molar refractivity (Wildman–Crippen MR) is 134 cm³/mol. The molecule has 1 N–H and O–H groups in total. The quantitative estimate of drug-likeness (QED) is 0.329. The topological polar surface area (TPSA) is 99.4 Å². The summed E-state index contributed by atoms with van der Waals surface area (Å²) in [5, 5.41) is 3.83. The Hall–Kier alpha value is -3.69. The van der Waals surface area contributed by atoms with Crippen molar-refractivity contribution in [3.63, 3.8) is 0 Å². The maximum absolute atomic E-state index is 12.5. The van der Waals surface area contributed by atoms with Crippen LogP contribution in [0.15, 0.2) is 62.8 Å². The molecule has 2 heterocycles. The number of aliphatic imine (C=N–C) groups is 1. The lowest BCUT2D eigenvalue weighted by Gasteiger charge is -2.10. The maximum Gasteiger partial charge on any atom is 0.373 e. The third kappa shape index (κ3) is 5.87. The molecule has 3 aromatic rings. The summed E-state index contributed by atoms with van der Waals surface area (Å²) < 4.78 is 21.3. The van der Waals surface area contributed by atoms with Crippen LogP contribution in [0.2, 0.25) is 5.02 Å². The number of furan rings is 1. The molecular weight excluding hydrogens is 492 g/mol. The molecule has 0 spiro atoms. The van der Waals surface area contributed by atoms with Crippen LogP contribution in [-0.2, 0) is 16.1 Å². The van der Waals surface area contributed by atoms with Crippen molar-refractivity contribution in [2.24, 2.45) is 4.99 Å². The van der Waals surface area contributed by atoms with E-state index in [0.29, 0.717) is 38.0 Å². The summed E-state index contributed by atoms with van der Waals surface area (Å²) in [5.41, 5.74) is 2.39. The second kappa shape index (κ2) is 10.7. The summed E-state index contributed by atoms with van der Waals surface area (Å²) >= 11 is 7.30. The molecule has 1 aromatic heterocycles. The lowest BCUT2D eigenvalue weighted by atomic mass is 10.2. The van der Waals surface area contributed by atoms with Gasteiger partial charge in [0, 0.05) is 5.02 Å². The van der Waals surface area contributed by atoms with Gasteiger partial charge in [0.2, 0.25) is 5.76 Å². The zero-order valence-electron chi connectivity index (χ0n) is 19.1. The smallest absolute Gasteiger partial charge is 0.373 e. The first kappa shape index (κ1) is 24.4. The van der Waals surface area contributed by atoms with Crippen molar-refractivity contribution in [3.8, 4) is 11.5 Å². The van der Waals surface area contributed by atoms with Crippen molar-refractivity contribution in [2.75, 3.05) is 14.2 Å². The SMILES string of the molecule is COC(=O)c1ccc(COc2ccc(C=C3SC(=Nc4cc(Cl)ccc4C)NC3=O)cc2OC)o1. The van der Waals surface area contributed by atoms with E-state index in [9.17, 15) is 9.59 Å². The predicted octanol–water partition coefficient (Wildman–Crippen LogP) is 5.51. The highest BCUT2D eigenvalue weighted by Crippen LogP contribution is 2.33. The molecule has 8 nitrogen and oxygen atoms in total. The number of carbonyl (C=O) groups is 2. The van der Waals surface area contributed by atoms with Crippen LogP contribution in [0.5, 0.6) is 11.5 Å². The third-order valence-electron chi connectivity index (χ3n) is 4.95. The van der Waals surface area contributed by atoms with Crippen LogP contribution in [-0.4, -0.2) is 31.3 Å². The average Bonchev–Trinajstić information content (AvgIpc) is 3.46. The lowest BCUT2D eigenvalue weighted by molar-refractivity contribution is -0.115. The molecule has 1 amide bonds. The van der Waals surface area contributed by atoms with Crippen LogP contribution in [0.3, 0.4) is 0 Å². The number of hydrogen-bond acceptors (Lipinski definition) is 8. The number of esters is 1. The molecule has 0 unspecified atom stereocenters. The zero-order chi connectivity index (χ0) is 24.9. The van der Waals surface area contributed by atoms with Crippen molar-refractivity contribution in [3.05, 3.63) is 81.1 Å². The van der Waals surface area contributed by atoms with Crippen LogP contribution < -0.4 is 14.8 Å². The zero-order valence-corrected chi connectivity index (χ0v) is 20.7. The van der Waals surface area contributed by atoms with E-state index in [1.807, 2.05) is 13.0 Å². The van der Waals surface area contributed by atoms with Crippen LogP contribution in [0, 0.1) is 6.92 Å². The second-order valence-electron chi connectivity index (χ2n) is 7.37. The van der Waals surface area contributed by atoms with Gasteiger partial charge < -0.3 is 23.9 Å². The molecule has 10 heteroatoms. The van der Waals surface area contributed by atoms with E-state index in [2.05, 4.69) is 15.0 Å². The number of hydrogen-bond donors (Lipinski definition) is 1. The first-order valence-electron chi connectivity index (χ1n) is 10.4.